The fourth-order valence-electron chi connectivity index (χ4n) is 1.07. The molecule has 1 atom stereocenters. The van der Waals surface area contributed by atoms with Crippen LogP contribution in [0, 0.1) is 0 Å². The molecule has 1 unspecified atom stereocenters. The number of hydrogen-bond acceptors (Lipinski definition) is 3. The molecule has 0 aliphatic carbocycles. The van der Waals surface area contributed by atoms with E-state index in [1.54, 1.807) is 17.4 Å². The lowest BCUT2D eigenvalue weighted by Crippen LogP contribution is -1.89. The first-order chi connectivity index (χ1) is 6.27. The summed E-state index contributed by atoms with van der Waals surface area (Å²) in [5.41, 5.74) is 6.31. The van der Waals surface area contributed by atoms with Crippen LogP contribution in [0.1, 0.15) is 15.9 Å². The van der Waals surface area contributed by atoms with Crippen LogP contribution in [0.4, 0.5) is 5.82 Å². The average molecular weight is 214 g/mol. The van der Waals surface area contributed by atoms with E-state index in [0.29, 0.717) is 5.82 Å². The first-order valence-electron chi connectivity index (χ1n) is 3.75. The number of H-pyrrole nitrogens is 1. The van der Waals surface area contributed by atoms with Crippen LogP contribution >= 0.6 is 22.9 Å². The van der Waals surface area contributed by atoms with Crippen molar-refractivity contribution in [1.82, 2.24) is 10.2 Å². The Hall–Kier alpha value is -1.00. The Morgan fingerprint density at radius 3 is 3.00 bits per heavy atom. The first-order valence-corrected chi connectivity index (χ1v) is 5.07. The molecular formula is C8H8ClN3S. The van der Waals surface area contributed by atoms with Gasteiger partial charge in [-0.25, -0.2) is 0 Å². The highest BCUT2D eigenvalue weighted by molar-refractivity contribution is 7.10. The number of alkyl halides is 1. The van der Waals surface area contributed by atoms with Gasteiger partial charge in [-0.05, 0) is 11.4 Å². The molecule has 3 nitrogen and oxygen atoms in total. The van der Waals surface area contributed by atoms with Gasteiger partial charge >= 0.3 is 0 Å². The standard InChI is InChI=1S/C8H8ClN3S/c9-8(6-2-1-3-13-6)5-4-7(10)12-11-5/h1-4,8H,(H3,10,11,12). The maximum absolute atomic E-state index is 6.17. The number of rotatable bonds is 2. The third-order valence-corrected chi connectivity index (χ3v) is 3.22. The molecule has 3 N–H and O–H groups in total. The van der Waals surface area contributed by atoms with Crippen LogP contribution in [0.15, 0.2) is 23.6 Å². The second-order valence-corrected chi connectivity index (χ2v) is 4.04. The monoisotopic (exact) mass is 213 g/mol. The van der Waals surface area contributed by atoms with E-state index in [1.165, 1.54) is 0 Å². The van der Waals surface area contributed by atoms with Crippen molar-refractivity contribution in [3.8, 4) is 0 Å². The van der Waals surface area contributed by atoms with E-state index in [-0.39, 0.29) is 5.38 Å². The third kappa shape index (κ3) is 1.68. The van der Waals surface area contributed by atoms with E-state index < -0.39 is 0 Å². The molecule has 0 fully saturated rings. The number of thiophene rings is 1. The van der Waals surface area contributed by atoms with E-state index >= 15 is 0 Å². The highest BCUT2D eigenvalue weighted by Gasteiger charge is 2.13. The fourth-order valence-corrected chi connectivity index (χ4v) is 2.13. The molecule has 0 radical (unpaired) electrons. The molecule has 2 rings (SSSR count). The van der Waals surface area contributed by atoms with E-state index in [0.717, 1.165) is 10.6 Å². The van der Waals surface area contributed by atoms with Gasteiger partial charge < -0.3 is 5.73 Å². The Labute approximate surface area is 84.5 Å². The number of hydrogen-bond donors (Lipinski definition) is 2. The van der Waals surface area contributed by atoms with Crippen LogP contribution in [-0.2, 0) is 0 Å². The van der Waals surface area contributed by atoms with Gasteiger partial charge in [0.25, 0.3) is 0 Å². The zero-order chi connectivity index (χ0) is 9.26. The smallest absolute Gasteiger partial charge is 0.145 e. The number of nitrogen functional groups attached to an aromatic ring is 1. The Bertz CT molecular complexity index is 382. The van der Waals surface area contributed by atoms with Crippen molar-refractivity contribution < 1.29 is 0 Å². The van der Waals surface area contributed by atoms with Gasteiger partial charge in [0.05, 0.1) is 5.69 Å². The summed E-state index contributed by atoms with van der Waals surface area (Å²) < 4.78 is 0. The molecule has 5 heteroatoms. The molecule has 0 bridgehead atoms. The molecule has 2 heterocycles. The molecule has 2 aromatic rings. The minimum Gasteiger partial charge on any atom is -0.382 e. The van der Waals surface area contributed by atoms with Crippen molar-refractivity contribution in [2.24, 2.45) is 0 Å². The van der Waals surface area contributed by atoms with Gasteiger partial charge in [-0.2, -0.15) is 5.10 Å². The molecule has 2 aromatic heterocycles. The summed E-state index contributed by atoms with van der Waals surface area (Å²) in [6.45, 7) is 0. The normalized spacial score (nSPS) is 13.0. The second-order valence-electron chi connectivity index (χ2n) is 2.63. The average Bonchev–Trinajstić information content (AvgIpc) is 2.72. The van der Waals surface area contributed by atoms with Gasteiger partial charge in [0.1, 0.15) is 11.2 Å². The maximum atomic E-state index is 6.17. The van der Waals surface area contributed by atoms with Crippen LogP contribution in [0.3, 0.4) is 0 Å². The zero-order valence-electron chi connectivity index (χ0n) is 6.70. The van der Waals surface area contributed by atoms with Gasteiger partial charge in [-0.3, -0.25) is 5.10 Å². The van der Waals surface area contributed by atoms with Gasteiger partial charge in [0.15, 0.2) is 0 Å². The van der Waals surface area contributed by atoms with E-state index in [9.17, 15) is 0 Å². The number of halogens is 1. The van der Waals surface area contributed by atoms with Gasteiger partial charge in [0.2, 0.25) is 0 Å². The zero-order valence-corrected chi connectivity index (χ0v) is 8.27. The summed E-state index contributed by atoms with van der Waals surface area (Å²) in [7, 11) is 0. The largest absolute Gasteiger partial charge is 0.382 e. The van der Waals surface area contributed by atoms with Crippen molar-refractivity contribution >= 4 is 28.8 Å². The Morgan fingerprint density at radius 1 is 1.62 bits per heavy atom. The molecular weight excluding hydrogens is 206 g/mol. The van der Waals surface area contributed by atoms with Crippen LogP contribution in [0.25, 0.3) is 0 Å². The lowest BCUT2D eigenvalue weighted by Gasteiger charge is -2.02. The molecule has 0 aliphatic rings. The summed E-state index contributed by atoms with van der Waals surface area (Å²) in [4.78, 5) is 1.09. The molecule has 0 spiro atoms. The molecule has 0 aromatic carbocycles. The lowest BCUT2D eigenvalue weighted by atomic mass is 10.2. The van der Waals surface area contributed by atoms with Gasteiger partial charge in [-0.1, -0.05) is 6.07 Å². The van der Waals surface area contributed by atoms with Crippen molar-refractivity contribution in [2.45, 2.75) is 5.38 Å². The highest BCUT2D eigenvalue weighted by atomic mass is 35.5. The molecule has 0 amide bonds. The molecule has 13 heavy (non-hydrogen) atoms. The van der Waals surface area contributed by atoms with E-state index in [2.05, 4.69) is 10.2 Å². The predicted octanol–water partition coefficient (Wildman–Crippen LogP) is 2.38. The number of nitrogens with one attached hydrogen (secondary N) is 1. The van der Waals surface area contributed by atoms with Crippen molar-refractivity contribution in [3.05, 3.63) is 34.2 Å². The van der Waals surface area contributed by atoms with Gasteiger partial charge in [0, 0.05) is 10.9 Å². The Balaban J connectivity index is 2.28. The summed E-state index contributed by atoms with van der Waals surface area (Å²) >= 11 is 7.78. The van der Waals surface area contributed by atoms with Gasteiger partial charge in [-0.15, -0.1) is 22.9 Å². The molecule has 0 saturated heterocycles. The molecule has 0 aliphatic heterocycles. The summed E-state index contributed by atoms with van der Waals surface area (Å²) in [6, 6.07) is 5.70. The van der Waals surface area contributed by atoms with Crippen LogP contribution in [0.5, 0.6) is 0 Å². The van der Waals surface area contributed by atoms with E-state index in [4.69, 9.17) is 17.3 Å². The predicted molar refractivity (Wildman–Crippen MR) is 55.0 cm³/mol. The Kier molecular flexibility index (Phi) is 2.24. The summed E-state index contributed by atoms with van der Waals surface area (Å²) in [5.74, 6) is 0.470. The number of aromatic amines is 1. The van der Waals surface area contributed by atoms with Crippen LogP contribution < -0.4 is 5.73 Å². The minimum absolute atomic E-state index is 0.176. The third-order valence-electron chi connectivity index (χ3n) is 1.68. The molecule has 0 saturated carbocycles. The van der Waals surface area contributed by atoms with Crippen LogP contribution in [0.2, 0.25) is 0 Å². The molecule has 68 valence electrons. The number of nitrogens with two attached hydrogens (primary N) is 1. The second kappa shape index (κ2) is 3.40. The SMILES string of the molecule is Nc1cc(C(Cl)c2cccs2)[nH]n1. The number of anilines is 1. The van der Waals surface area contributed by atoms with Crippen molar-refractivity contribution in [2.75, 3.05) is 5.73 Å². The minimum atomic E-state index is -0.176. The first kappa shape index (κ1) is 8.59. The van der Waals surface area contributed by atoms with Crippen LogP contribution in [-0.4, -0.2) is 10.2 Å². The Morgan fingerprint density at radius 2 is 2.46 bits per heavy atom. The maximum Gasteiger partial charge on any atom is 0.145 e. The van der Waals surface area contributed by atoms with E-state index in [1.807, 2.05) is 17.5 Å². The quantitative estimate of drug-likeness (QED) is 0.753. The van der Waals surface area contributed by atoms with Crippen molar-refractivity contribution in [1.29, 1.82) is 0 Å². The fraction of sp³-hybridized carbons (Fsp3) is 0.125. The summed E-state index contributed by atoms with van der Waals surface area (Å²) in [6.07, 6.45) is 0. The lowest BCUT2D eigenvalue weighted by molar-refractivity contribution is 0.991. The van der Waals surface area contributed by atoms with Crippen molar-refractivity contribution in [3.63, 3.8) is 0 Å². The topological polar surface area (TPSA) is 54.7 Å². The number of aromatic nitrogens is 2. The highest BCUT2D eigenvalue weighted by Crippen LogP contribution is 2.30. The summed E-state index contributed by atoms with van der Waals surface area (Å²) in [5, 5.41) is 8.43. The number of nitrogens with zero attached hydrogens (tertiary/aromatic N) is 1.